The topological polar surface area (TPSA) is 50.9 Å². The summed E-state index contributed by atoms with van der Waals surface area (Å²) in [6, 6.07) is 0. The van der Waals surface area contributed by atoms with Crippen LogP contribution in [0.4, 0.5) is 0 Å². The molecule has 4 nitrogen and oxygen atoms in total. The quantitative estimate of drug-likeness (QED) is 0.742. The van der Waals surface area contributed by atoms with E-state index in [1.54, 1.807) is 6.92 Å². The molecule has 2 aromatic heterocycles. The average molecular weight is 262 g/mol. The van der Waals surface area contributed by atoms with Gasteiger partial charge in [0.15, 0.2) is 5.65 Å². The van der Waals surface area contributed by atoms with Crippen molar-refractivity contribution >= 4 is 38.7 Å². The number of hydrogen-bond acceptors (Lipinski definition) is 3. The molecule has 0 spiro atoms. The second-order valence-electron chi connectivity index (χ2n) is 2.56. The summed E-state index contributed by atoms with van der Waals surface area (Å²) in [6.45, 7) is 1.67. The number of nitrogens with zero attached hydrogens (tertiary/aromatic N) is 3. The number of fused-ring (bicyclic) bond motifs is 1. The lowest BCUT2D eigenvalue weighted by Crippen LogP contribution is -1.93. The number of imidazole rings is 1. The van der Waals surface area contributed by atoms with Gasteiger partial charge >= 0.3 is 0 Å². The molecule has 0 radical (unpaired) electrons. The standard InChI is InChI=1S/C7H5BrClN3O/c1-3-11-6-5(9)4(8)2-10-7(6)12(3)13/h2,13H,1H3. The van der Waals surface area contributed by atoms with Gasteiger partial charge in [0.05, 0.1) is 9.50 Å². The molecule has 0 aromatic carbocycles. The Morgan fingerprint density at radius 1 is 1.62 bits per heavy atom. The van der Waals surface area contributed by atoms with Crippen LogP contribution in [0, 0.1) is 6.92 Å². The van der Waals surface area contributed by atoms with Gasteiger partial charge in [-0.25, -0.2) is 9.97 Å². The lowest BCUT2D eigenvalue weighted by atomic mass is 10.4. The fourth-order valence-corrected chi connectivity index (χ4v) is 1.53. The normalized spacial score (nSPS) is 11.0. The van der Waals surface area contributed by atoms with Gasteiger partial charge in [-0.05, 0) is 22.9 Å². The summed E-state index contributed by atoms with van der Waals surface area (Å²) < 4.78 is 1.58. The minimum atomic E-state index is 0.366. The first-order valence-corrected chi connectivity index (χ1v) is 4.66. The number of hydrogen-bond donors (Lipinski definition) is 1. The monoisotopic (exact) mass is 261 g/mol. The van der Waals surface area contributed by atoms with Crippen LogP contribution in [0.15, 0.2) is 10.7 Å². The fraction of sp³-hybridized carbons (Fsp3) is 0.143. The summed E-state index contributed by atoms with van der Waals surface area (Å²) >= 11 is 9.16. The van der Waals surface area contributed by atoms with Gasteiger partial charge in [0.25, 0.3) is 0 Å². The number of aryl methyl sites for hydroxylation is 1. The smallest absolute Gasteiger partial charge is 0.197 e. The van der Waals surface area contributed by atoms with Crippen LogP contribution in [0.3, 0.4) is 0 Å². The molecule has 2 heterocycles. The number of rotatable bonds is 0. The van der Waals surface area contributed by atoms with Gasteiger partial charge in [-0.1, -0.05) is 11.6 Å². The van der Waals surface area contributed by atoms with Crippen LogP contribution in [0.2, 0.25) is 5.02 Å². The van der Waals surface area contributed by atoms with Crippen LogP contribution in [-0.2, 0) is 0 Å². The van der Waals surface area contributed by atoms with Crippen molar-refractivity contribution in [3.05, 3.63) is 21.5 Å². The van der Waals surface area contributed by atoms with Crippen LogP contribution in [0.1, 0.15) is 5.82 Å². The van der Waals surface area contributed by atoms with Crippen molar-refractivity contribution in [2.45, 2.75) is 6.92 Å². The van der Waals surface area contributed by atoms with Gasteiger partial charge in [0.1, 0.15) is 11.3 Å². The van der Waals surface area contributed by atoms with Crippen molar-refractivity contribution < 1.29 is 5.21 Å². The molecular weight excluding hydrogens is 257 g/mol. The van der Waals surface area contributed by atoms with E-state index in [-0.39, 0.29) is 0 Å². The van der Waals surface area contributed by atoms with Gasteiger partial charge in [0.2, 0.25) is 0 Å². The molecule has 2 aromatic rings. The highest BCUT2D eigenvalue weighted by atomic mass is 79.9. The van der Waals surface area contributed by atoms with E-state index in [4.69, 9.17) is 11.6 Å². The predicted molar refractivity (Wildman–Crippen MR) is 52.2 cm³/mol. The van der Waals surface area contributed by atoms with Crippen LogP contribution in [0.5, 0.6) is 0 Å². The van der Waals surface area contributed by atoms with Crippen molar-refractivity contribution in [1.29, 1.82) is 0 Å². The fourth-order valence-electron chi connectivity index (χ4n) is 1.06. The van der Waals surface area contributed by atoms with Crippen LogP contribution in [0.25, 0.3) is 11.2 Å². The molecule has 0 amide bonds. The first-order chi connectivity index (χ1) is 6.11. The largest absolute Gasteiger partial charge is 0.425 e. The Kier molecular flexibility index (Phi) is 1.92. The van der Waals surface area contributed by atoms with E-state index in [0.29, 0.717) is 26.5 Å². The zero-order valence-electron chi connectivity index (χ0n) is 6.62. The number of aromatic nitrogens is 3. The molecule has 0 atom stereocenters. The lowest BCUT2D eigenvalue weighted by Gasteiger charge is -1.95. The summed E-state index contributed by atoms with van der Waals surface area (Å²) in [7, 11) is 0. The molecule has 68 valence electrons. The van der Waals surface area contributed by atoms with Crippen molar-refractivity contribution in [3.8, 4) is 0 Å². The molecule has 6 heteroatoms. The SMILES string of the molecule is Cc1nc2c(Cl)c(Br)cnc2n1O. The highest BCUT2D eigenvalue weighted by molar-refractivity contribution is 9.10. The molecule has 0 aliphatic carbocycles. The summed E-state index contributed by atoms with van der Waals surface area (Å²) in [5, 5.41) is 9.89. The van der Waals surface area contributed by atoms with E-state index < -0.39 is 0 Å². The first kappa shape index (κ1) is 8.77. The maximum atomic E-state index is 9.43. The Morgan fingerprint density at radius 2 is 2.31 bits per heavy atom. The summed E-state index contributed by atoms with van der Waals surface area (Å²) in [4.78, 5) is 8.04. The average Bonchev–Trinajstić information content (AvgIpc) is 2.38. The van der Waals surface area contributed by atoms with Crippen LogP contribution < -0.4 is 0 Å². The molecule has 0 bridgehead atoms. The van der Waals surface area contributed by atoms with Crippen LogP contribution in [-0.4, -0.2) is 19.9 Å². The molecular formula is C7H5BrClN3O. The molecule has 0 saturated carbocycles. The van der Waals surface area contributed by atoms with Crippen molar-refractivity contribution in [2.75, 3.05) is 0 Å². The summed E-state index contributed by atoms with van der Waals surface area (Å²) in [5.41, 5.74) is 0.863. The Balaban J connectivity index is 2.94. The maximum absolute atomic E-state index is 9.43. The highest BCUT2D eigenvalue weighted by Crippen LogP contribution is 2.28. The Morgan fingerprint density at radius 3 is 3.00 bits per heavy atom. The van der Waals surface area contributed by atoms with E-state index in [2.05, 4.69) is 25.9 Å². The number of pyridine rings is 1. The molecule has 0 aliphatic heterocycles. The first-order valence-electron chi connectivity index (χ1n) is 3.49. The second-order valence-corrected chi connectivity index (χ2v) is 3.80. The molecule has 0 aliphatic rings. The maximum Gasteiger partial charge on any atom is 0.197 e. The van der Waals surface area contributed by atoms with E-state index in [0.717, 1.165) is 4.73 Å². The Labute approximate surface area is 87.3 Å². The van der Waals surface area contributed by atoms with E-state index in [9.17, 15) is 5.21 Å². The van der Waals surface area contributed by atoms with Crippen LogP contribution >= 0.6 is 27.5 Å². The Hall–Kier alpha value is -0.810. The molecule has 13 heavy (non-hydrogen) atoms. The molecule has 1 N–H and O–H groups in total. The summed E-state index contributed by atoms with van der Waals surface area (Å²) in [6.07, 6.45) is 1.53. The minimum absolute atomic E-state index is 0.366. The van der Waals surface area contributed by atoms with Crippen molar-refractivity contribution in [3.63, 3.8) is 0 Å². The zero-order chi connectivity index (χ0) is 9.59. The van der Waals surface area contributed by atoms with E-state index in [1.165, 1.54) is 6.20 Å². The highest BCUT2D eigenvalue weighted by Gasteiger charge is 2.12. The zero-order valence-corrected chi connectivity index (χ0v) is 8.96. The Bertz CT molecular complexity index is 482. The van der Waals surface area contributed by atoms with Crippen molar-refractivity contribution in [2.24, 2.45) is 0 Å². The number of halogens is 2. The van der Waals surface area contributed by atoms with Crippen molar-refractivity contribution in [1.82, 2.24) is 14.7 Å². The third-order valence-corrected chi connectivity index (χ3v) is 2.92. The molecule has 0 unspecified atom stereocenters. The van der Waals surface area contributed by atoms with Gasteiger partial charge in [0, 0.05) is 6.20 Å². The van der Waals surface area contributed by atoms with Gasteiger partial charge in [-0.3, -0.25) is 0 Å². The van der Waals surface area contributed by atoms with Gasteiger partial charge in [-0.2, -0.15) is 4.73 Å². The third-order valence-electron chi connectivity index (χ3n) is 1.71. The molecule has 2 rings (SSSR count). The van der Waals surface area contributed by atoms with E-state index in [1.807, 2.05) is 0 Å². The van der Waals surface area contributed by atoms with Gasteiger partial charge < -0.3 is 5.21 Å². The molecule has 0 saturated heterocycles. The second kappa shape index (κ2) is 2.85. The molecule has 0 fully saturated rings. The minimum Gasteiger partial charge on any atom is -0.425 e. The van der Waals surface area contributed by atoms with Gasteiger partial charge in [-0.15, -0.1) is 0 Å². The van der Waals surface area contributed by atoms with E-state index >= 15 is 0 Å². The predicted octanol–water partition coefficient (Wildman–Crippen LogP) is 2.39. The summed E-state index contributed by atoms with van der Waals surface area (Å²) in [5.74, 6) is 0.461. The lowest BCUT2D eigenvalue weighted by molar-refractivity contribution is 0.189. The third kappa shape index (κ3) is 1.19.